The van der Waals surface area contributed by atoms with Gasteiger partial charge >= 0.3 is 7.75 Å². The lowest BCUT2D eigenvalue weighted by atomic mass is 10.4. The zero-order chi connectivity index (χ0) is 9.61. The van der Waals surface area contributed by atoms with Gasteiger partial charge in [-0.05, 0) is 25.3 Å². The molecule has 0 fully saturated rings. The molecular weight excluding hydrogens is 197 g/mol. The van der Waals surface area contributed by atoms with E-state index in [9.17, 15) is 4.57 Å². The van der Waals surface area contributed by atoms with E-state index in [0.29, 0.717) is 0 Å². The number of hydrogen-bond donors (Lipinski definition) is 1. The van der Waals surface area contributed by atoms with Gasteiger partial charge in [-0.25, -0.2) is 4.57 Å². The van der Waals surface area contributed by atoms with Crippen molar-refractivity contribution in [3.05, 3.63) is 0 Å². The summed E-state index contributed by atoms with van der Waals surface area (Å²) in [5, 5.41) is 0.255. The smallest absolute Gasteiger partial charge is 0.311 e. The normalized spacial score (nSPS) is 18.7. The van der Waals surface area contributed by atoms with Crippen LogP contribution in [-0.2, 0) is 9.09 Å². The van der Waals surface area contributed by atoms with Crippen LogP contribution in [0.1, 0.15) is 27.2 Å². The summed E-state index contributed by atoms with van der Waals surface area (Å²) in [7, 11) is -3.67. The van der Waals surface area contributed by atoms with Gasteiger partial charge in [-0.3, -0.25) is 4.52 Å². The largest absolute Gasteiger partial charge is 0.430 e. The molecule has 2 unspecified atom stereocenters. The van der Waals surface area contributed by atoms with Crippen LogP contribution in [0.4, 0.5) is 0 Å². The van der Waals surface area contributed by atoms with E-state index in [4.69, 9.17) is 4.89 Å². The van der Waals surface area contributed by atoms with Gasteiger partial charge in [0.05, 0.1) is 6.61 Å². The molecule has 0 heterocycles. The highest BCUT2D eigenvalue weighted by molar-refractivity contribution is 8.02. The number of hydrogen-bond acceptors (Lipinski definition) is 3. The molecule has 0 aromatic rings. The summed E-state index contributed by atoms with van der Waals surface area (Å²) < 4.78 is 19.1. The second-order valence-corrected chi connectivity index (χ2v) is 5.22. The Kier molecular flexibility index (Phi) is 6.23. The zero-order valence-corrected chi connectivity index (χ0v) is 9.27. The van der Waals surface area contributed by atoms with Crippen LogP contribution < -0.4 is 4.49 Å². The molecular formula is C6H15NO3PS. The SMILES string of the molecule is CCOP(=O)(O)[N]SC(C)CC. The minimum Gasteiger partial charge on any atom is -0.311 e. The van der Waals surface area contributed by atoms with Crippen LogP contribution >= 0.6 is 19.7 Å². The summed E-state index contributed by atoms with van der Waals surface area (Å²) in [5.74, 6) is 0. The first-order valence-corrected chi connectivity index (χ1v) is 6.24. The summed E-state index contributed by atoms with van der Waals surface area (Å²) in [4.78, 5) is 9.00. The molecule has 0 aromatic heterocycles. The Morgan fingerprint density at radius 3 is 2.67 bits per heavy atom. The molecule has 0 saturated carbocycles. The third-order valence-corrected chi connectivity index (χ3v) is 3.69. The summed E-state index contributed by atoms with van der Waals surface area (Å²) in [6.45, 7) is 5.81. The predicted octanol–water partition coefficient (Wildman–Crippen LogP) is 2.17. The summed E-state index contributed by atoms with van der Waals surface area (Å²) in [6, 6.07) is 0. The molecule has 0 aliphatic rings. The monoisotopic (exact) mass is 212 g/mol. The first kappa shape index (κ1) is 12.5. The van der Waals surface area contributed by atoms with E-state index in [0.717, 1.165) is 18.4 Å². The van der Waals surface area contributed by atoms with Gasteiger partial charge in [0, 0.05) is 5.25 Å². The molecule has 0 rings (SSSR count). The van der Waals surface area contributed by atoms with Crippen molar-refractivity contribution in [2.45, 2.75) is 32.4 Å². The Labute approximate surface area is 77.8 Å². The molecule has 6 heteroatoms. The van der Waals surface area contributed by atoms with Gasteiger partial charge in [0.15, 0.2) is 0 Å². The molecule has 4 nitrogen and oxygen atoms in total. The molecule has 0 saturated heterocycles. The van der Waals surface area contributed by atoms with Crippen molar-refractivity contribution in [1.82, 2.24) is 4.49 Å². The van der Waals surface area contributed by atoms with E-state index >= 15 is 0 Å². The highest BCUT2D eigenvalue weighted by atomic mass is 32.2. The lowest BCUT2D eigenvalue weighted by Gasteiger charge is -2.11. The van der Waals surface area contributed by atoms with Crippen molar-refractivity contribution in [2.75, 3.05) is 6.61 Å². The second-order valence-electron chi connectivity index (χ2n) is 2.31. The van der Waals surface area contributed by atoms with Gasteiger partial charge in [-0.1, -0.05) is 18.3 Å². The zero-order valence-electron chi connectivity index (χ0n) is 7.56. The molecule has 73 valence electrons. The Morgan fingerprint density at radius 1 is 1.67 bits per heavy atom. The van der Waals surface area contributed by atoms with Gasteiger partial charge in [0.25, 0.3) is 0 Å². The van der Waals surface area contributed by atoms with Gasteiger partial charge < -0.3 is 4.89 Å². The molecule has 0 aliphatic carbocycles. The van der Waals surface area contributed by atoms with Gasteiger partial charge in [-0.2, -0.15) is 0 Å². The van der Waals surface area contributed by atoms with E-state index in [1.54, 1.807) is 6.92 Å². The quantitative estimate of drug-likeness (QED) is 0.541. The lowest BCUT2D eigenvalue weighted by Crippen LogP contribution is -2.02. The summed E-state index contributed by atoms with van der Waals surface area (Å²) >= 11 is 1.11. The first-order chi connectivity index (χ1) is 5.52. The fraction of sp³-hybridized carbons (Fsp3) is 1.00. The summed E-state index contributed by atoms with van der Waals surface area (Å²) in [5.41, 5.74) is 0. The third kappa shape index (κ3) is 6.03. The van der Waals surface area contributed by atoms with E-state index in [1.165, 1.54) is 0 Å². The highest BCUT2D eigenvalue weighted by Crippen LogP contribution is 2.42. The fourth-order valence-corrected chi connectivity index (χ4v) is 2.20. The van der Waals surface area contributed by atoms with Crippen LogP contribution in [0, 0.1) is 0 Å². The van der Waals surface area contributed by atoms with Crippen molar-refractivity contribution in [3.8, 4) is 0 Å². The summed E-state index contributed by atoms with van der Waals surface area (Å²) in [6.07, 6.45) is 0.917. The van der Waals surface area contributed by atoms with E-state index in [1.807, 2.05) is 13.8 Å². The highest BCUT2D eigenvalue weighted by Gasteiger charge is 2.21. The Bertz CT molecular complexity index is 167. The Hall–Kier alpha value is 0.460. The number of rotatable bonds is 6. The van der Waals surface area contributed by atoms with Crippen LogP contribution in [0.5, 0.6) is 0 Å². The maximum absolute atomic E-state index is 11.0. The molecule has 0 bridgehead atoms. The predicted molar refractivity (Wildman–Crippen MR) is 50.9 cm³/mol. The van der Waals surface area contributed by atoms with Crippen LogP contribution in [0.25, 0.3) is 0 Å². The fourth-order valence-electron chi connectivity index (χ4n) is 0.406. The molecule has 0 amide bonds. The van der Waals surface area contributed by atoms with Gasteiger partial charge in [-0.15, -0.1) is 0 Å². The average molecular weight is 212 g/mol. The van der Waals surface area contributed by atoms with Gasteiger partial charge in [0.1, 0.15) is 0 Å². The van der Waals surface area contributed by atoms with E-state index < -0.39 is 7.75 Å². The minimum absolute atomic E-state index is 0.207. The molecule has 12 heavy (non-hydrogen) atoms. The molecule has 0 aliphatic heterocycles. The lowest BCUT2D eigenvalue weighted by molar-refractivity contribution is 0.270. The molecule has 1 N–H and O–H groups in total. The minimum atomic E-state index is -3.67. The van der Waals surface area contributed by atoms with E-state index in [2.05, 4.69) is 9.02 Å². The third-order valence-electron chi connectivity index (χ3n) is 1.20. The van der Waals surface area contributed by atoms with Crippen LogP contribution in [0.2, 0.25) is 0 Å². The van der Waals surface area contributed by atoms with Gasteiger partial charge in [0.2, 0.25) is 0 Å². The van der Waals surface area contributed by atoms with Crippen molar-refractivity contribution in [3.63, 3.8) is 0 Å². The first-order valence-electron chi connectivity index (χ1n) is 3.87. The van der Waals surface area contributed by atoms with E-state index in [-0.39, 0.29) is 11.9 Å². The Balaban J connectivity index is 3.67. The molecule has 1 radical (unpaired) electrons. The maximum Gasteiger partial charge on any atom is 0.430 e. The molecule has 0 aromatic carbocycles. The maximum atomic E-state index is 11.0. The number of nitrogens with zero attached hydrogens (tertiary/aromatic N) is 1. The van der Waals surface area contributed by atoms with Crippen molar-refractivity contribution in [2.24, 2.45) is 0 Å². The molecule has 2 atom stereocenters. The van der Waals surface area contributed by atoms with Crippen molar-refractivity contribution < 1.29 is 14.0 Å². The average Bonchev–Trinajstić information content (AvgIpc) is 2.00. The van der Waals surface area contributed by atoms with Crippen LogP contribution in [-0.4, -0.2) is 16.8 Å². The Morgan fingerprint density at radius 2 is 2.25 bits per heavy atom. The van der Waals surface area contributed by atoms with Crippen molar-refractivity contribution >= 4 is 19.7 Å². The second kappa shape index (κ2) is 6.00. The standard InChI is InChI=1S/C6H15NO3PS/c1-4-6(3)12-7-11(8,9)10-5-2/h6H,4-5H2,1-3H3,(H,8,9). The molecule has 0 spiro atoms. The van der Waals surface area contributed by atoms with Crippen LogP contribution in [0.3, 0.4) is 0 Å². The van der Waals surface area contributed by atoms with Crippen LogP contribution in [0.15, 0.2) is 0 Å². The van der Waals surface area contributed by atoms with Crippen molar-refractivity contribution in [1.29, 1.82) is 0 Å². The topological polar surface area (TPSA) is 60.6 Å².